The summed E-state index contributed by atoms with van der Waals surface area (Å²) in [5.74, 6) is -3.35. The van der Waals surface area contributed by atoms with Gasteiger partial charge in [-0.15, -0.1) is 0 Å². The minimum Gasteiger partial charge on any atom is -0.454 e. The summed E-state index contributed by atoms with van der Waals surface area (Å²) in [4.78, 5) is 46.7. The summed E-state index contributed by atoms with van der Waals surface area (Å²) in [6.45, 7) is 0.604. The van der Waals surface area contributed by atoms with Gasteiger partial charge in [-0.2, -0.15) is 0 Å². The second-order valence-electron chi connectivity index (χ2n) is 3.86. The molecule has 118 valence electrons. The van der Waals surface area contributed by atoms with Gasteiger partial charge >= 0.3 is 11.9 Å². The van der Waals surface area contributed by atoms with E-state index in [4.69, 9.17) is 39.5 Å². The maximum absolute atomic E-state index is 11.8. The molecule has 0 radical (unpaired) electrons. The number of nitrogens with zero attached hydrogens (tertiary/aromatic N) is 1. The first-order valence-corrected chi connectivity index (χ1v) is 7.40. The minimum absolute atomic E-state index is 0.345. The maximum Gasteiger partial charge on any atom is 0.397 e. The van der Waals surface area contributed by atoms with Crippen molar-refractivity contribution < 1.29 is 28.7 Å². The zero-order chi connectivity index (χ0) is 16.4. The van der Waals surface area contributed by atoms with Crippen LogP contribution in [0.5, 0.6) is 0 Å². The van der Waals surface area contributed by atoms with E-state index in [2.05, 4.69) is 4.74 Å². The van der Waals surface area contributed by atoms with Crippen LogP contribution in [0.1, 0.15) is 6.92 Å². The first-order chi connectivity index (χ1) is 9.58. The predicted octanol–water partition coefficient (Wildman–Crippen LogP) is 0.889. The zero-order valence-corrected chi connectivity index (χ0v) is 13.9. The lowest BCUT2D eigenvalue weighted by molar-refractivity contribution is -0.178. The Morgan fingerprint density at radius 1 is 1.33 bits per heavy atom. The summed E-state index contributed by atoms with van der Waals surface area (Å²) < 4.78 is 7.46. The number of likely N-dealkylation sites (tertiary alicyclic amines) is 1. The van der Waals surface area contributed by atoms with Gasteiger partial charge < -0.3 is 9.47 Å². The number of esters is 1. The molecule has 1 saturated heterocycles. The number of methoxy groups -OCH3 is 1. The average Bonchev–Trinajstić information content (AvgIpc) is 2.34. The number of carbonyl (C=O) groups excluding carboxylic acids is 4. The molecule has 0 aromatic heterocycles. The lowest BCUT2D eigenvalue weighted by Crippen LogP contribution is -2.67. The van der Waals surface area contributed by atoms with E-state index in [1.165, 1.54) is 14.0 Å². The molecule has 0 bridgehead atoms. The van der Waals surface area contributed by atoms with Crippen LogP contribution in [0.4, 0.5) is 0 Å². The van der Waals surface area contributed by atoms with Gasteiger partial charge in [-0.1, -0.05) is 46.6 Å². The Hall–Kier alpha value is -0.540. The fourth-order valence-electron chi connectivity index (χ4n) is 1.46. The Morgan fingerprint density at radius 3 is 2.33 bits per heavy atom. The molecule has 2 atom stereocenters. The number of thioether (sulfide) groups is 1. The summed E-state index contributed by atoms with van der Waals surface area (Å²) in [6.07, 6.45) is -0.983. The highest BCUT2D eigenvalue weighted by Crippen LogP contribution is 2.33. The quantitative estimate of drug-likeness (QED) is 0.312. The Bertz CT molecular complexity index is 480. The standard InChI is InChI=1S/C10H10Cl3NO6S/c1-4(15)21-8-5(19-2)6(16)14(8)7(17)9(18)20-3-10(11,12)13/h5,8H,3H2,1-2H3/t5-,8+/m0/s1. The van der Waals surface area contributed by atoms with E-state index >= 15 is 0 Å². The highest BCUT2D eigenvalue weighted by Gasteiger charge is 2.54. The molecular weight excluding hydrogens is 369 g/mol. The van der Waals surface area contributed by atoms with Gasteiger partial charge in [-0.05, 0) is 0 Å². The molecule has 21 heavy (non-hydrogen) atoms. The van der Waals surface area contributed by atoms with E-state index in [-0.39, 0.29) is 5.12 Å². The monoisotopic (exact) mass is 377 g/mol. The third-order valence-electron chi connectivity index (χ3n) is 2.30. The SMILES string of the molecule is CO[C@H]1C(=O)N(C(=O)C(=O)OCC(Cl)(Cl)Cl)[C@@H]1SC(C)=O. The maximum atomic E-state index is 11.8. The number of β-lactam (4-membered cyclic amide) rings is 1. The molecule has 0 aliphatic carbocycles. The van der Waals surface area contributed by atoms with Crippen LogP contribution in [0.2, 0.25) is 0 Å². The number of ether oxygens (including phenoxy) is 2. The summed E-state index contributed by atoms with van der Waals surface area (Å²) in [5, 5.41) is -1.27. The van der Waals surface area contributed by atoms with E-state index in [0.717, 1.165) is 0 Å². The predicted molar refractivity (Wildman–Crippen MR) is 76.0 cm³/mol. The van der Waals surface area contributed by atoms with Gasteiger partial charge in [0, 0.05) is 14.0 Å². The van der Waals surface area contributed by atoms with Crippen molar-refractivity contribution >= 4 is 69.5 Å². The van der Waals surface area contributed by atoms with Crippen LogP contribution < -0.4 is 0 Å². The molecule has 0 unspecified atom stereocenters. The minimum atomic E-state index is -1.88. The van der Waals surface area contributed by atoms with Crippen molar-refractivity contribution in [1.82, 2.24) is 4.90 Å². The number of imide groups is 1. The summed E-state index contributed by atoms with van der Waals surface area (Å²) in [6, 6.07) is 0. The lowest BCUT2D eigenvalue weighted by Gasteiger charge is -2.42. The summed E-state index contributed by atoms with van der Waals surface area (Å²) in [5.41, 5.74) is 0. The van der Waals surface area contributed by atoms with Crippen molar-refractivity contribution in [3.63, 3.8) is 0 Å². The number of halogens is 3. The Kier molecular flexibility index (Phi) is 6.30. The molecule has 0 spiro atoms. The number of amides is 2. The average molecular weight is 379 g/mol. The van der Waals surface area contributed by atoms with Crippen molar-refractivity contribution in [1.29, 1.82) is 0 Å². The van der Waals surface area contributed by atoms with Gasteiger partial charge in [0.15, 0.2) is 11.2 Å². The topological polar surface area (TPSA) is 90.0 Å². The van der Waals surface area contributed by atoms with Crippen LogP contribution in [0.25, 0.3) is 0 Å². The lowest BCUT2D eigenvalue weighted by atomic mass is 10.1. The molecule has 0 N–H and O–H groups in total. The Labute approximate surface area is 139 Å². The Morgan fingerprint density at radius 2 is 1.90 bits per heavy atom. The highest BCUT2D eigenvalue weighted by atomic mass is 35.6. The first-order valence-electron chi connectivity index (χ1n) is 5.39. The third kappa shape index (κ3) is 4.72. The molecule has 1 aliphatic rings. The van der Waals surface area contributed by atoms with Crippen molar-refractivity contribution in [3.8, 4) is 0 Å². The normalized spacial score (nSPS) is 21.8. The second-order valence-corrected chi connectivity index (χ2v) is 7.67. The summed E-state index contributed by atoms with van der Waals surface area (Å²) in [7, 11) is 1.25. The fourth-order valence-corrected chi connectivity index (χ4v) is 2.62. The molecule has 11 heteroatoms. The number of hydrogen-bond donors (Lipinski definition) is 0. The highest BCUT2D eigenvalue weighted by molar-refractivity contribution is 8.14. The van der Waals surface area contributed by atoms with Crippen LogP contribution in [-0.2, 0) is 28.7 Å². The van der Waals surface area contributed by atoms with Gasteiger partial charge in [0.05, 0.1) is 0 Å². The third-order valence-corrected chi connectivity index (χ3v) is 3.65. The van der Waals surface area contributed by atoms with Crippen LogP contribution in [0.15, 0.2) is 0 Å². The smallest absolute Gasteiger partial charge is 0.397 e. The number of carbonyl (C=O) groups is 4. The van der Waals surface area contributed by atoms with Gasteiger partial charge in [0.2, 0.25) is 3.79 Å². The molecule has 0 aromatic rings. The molecule has 7 nitrogen and oxygen atoms in total. The van der Waals surface area contributed by atoms with Gasteiger partial charge in [-0.25, -0.2) is 4.79 Å². The van der Waals surface area contributed by atoms with Crippen LogP contribution in [-0.4, -0.2) is 56.8 Å². The zero-order valence-electron chi connectivity index (χ0n) is 10.8. The molecule has 1 heterocycles. The molecule has 1 aliphatic heterocycles. The van der Waals surface area contributed by atoms with Crippen LogP contribution in [0, 0.1) is 0 Å². The molecule has 2 amide bonds. The van der Waals surface area contributed by atoms with Crippen molar-refractivity contribution in [2.24, 2.45) is 0 Å². The summed E-state index contributed by atoms with van der Waals surface area (Å²) >= 11 is 16.8. The fraction of sp³-hybridized carbons (Fsp3) is 0.600. The second kappa shape index (κ2) is 7.15. The van der Waals surface area contributed by atoms with Gasteiger partial charge in [-0.3, -0.25) is 19.3 Å². The van der Waals surface area contributed by atoms with E-state index < -0.39 is 39.7 Å². The number of hydrogen-bond acceptors (Lipinski definition) is 7. The van der Waals surface area contributed by atoms with Gasteiger partial charge in [0.25, 0.3) is 5.91 Å². The Balaban J connectivity index is 2.73. The number of rotatable bonds is 3. The molecule has 0 aromatic carbocycles. The van der Waals surface area contributed by atoms with Crippen LogP contribution >= 0.6 is 46.6 Å². The largest absolute Gasteiger partial charge is 0.454 e. The van der Waals surface area contributed by atoms with Crippen LogP contribution in [0.3, 0.4) is 0 Å². The van der Waals surface area contributed by atoms with Gasteiger partial charge in [0.1, 0.15) is 12.0 Å². The van der Waals surface area contributed by atoms with Crippen molar-refractivity contribution in [2.45, 2.75) is 22.2 Å². The first kappa shape index (κ1) is 18.5. The molecule has 1 fully saturated rings. The number of alkyl halides is 3. The van der Waals surface area contributed by atoms with Crippen molar-refractivity contribution in [2.75, 3.05) is 13.7 Å². The van der Waals surface area contributed by atoms with Crippen molar-refractivity contribution in [3.05, 3.63) is 0 Å². The molecular formula is C10H10Cl3NO6S. The molecule has 1 rings (SSSR count). The van der Waals surface area contributed by atoms with E-state index in [0.29, 0.717) is 16.7 Å². The molecule has 0 saturated carbocycles. The van der Waals surface area contributed by atoms with E-state index in [1.54, 1.807) is 0 Å². The van der Waals surface area contributed by atoms with E-state index in [9.17, 15) is 19.2 Å². The van der Waals surface area contributed by atoms with E-state index in [1.807, 2.05) is 0 Å².